The molecule has 2 aromatic heterocycles. The number of anilines is 2. The van der Waals surface area contributed by atoms with E-state index in [2.05, 4.69) is 208 Å². The van der Waals surface area contributed by atoms with Gasteiger partial charge in [-0.25, -0.2) is 4.98 Å². The number of fused-ring (bicyclic) bond motifs is 11. The van der Waals surface area contributed by atoms with E-state index in [0.29, 0.717) is 5.89 Å². The van der Waals surface area contributed by atoms with Crippen molar-refractivity contribution in [3.05, 3.63) is 155 Å². The topological polar surface area (TPSA) is 43.0 Å². The first-order chi connectivity index (χ1) is 31.7. The molecule has 3 heterocycles. The summed E-state index contributed by atoms with van der Waals surface area (Å²) in [5.74, 6) is 0.652. The highest BCUT2D eigenvalue weighted by atomic mass is 16.3. The smallest absolute Gasteiger partial charge is 0.227 e. The second-order valence-corrected chi connectivity index (χ2v) is 24.0. The van der Waals surface area contributed by atoms with Crippen LogP contribution in [0.3, 0.4) is 0 Å². The van der Waals surface area contributed by atoms with Gasteiger partial charge in [0.1, 0.15) is 5.52 Å². The monoisotopic (exact) mass is 875 g/mol. The Morgan fingerprint density at radius 1 is 0.642 bits per heavy atom. The first-order valence-electron chi connectivity index (χ1n) is 24.5. The second kappa shape index (κ2) is 13.9. The number of oxazole rings is 1. The lowest BCUT2D eigenvalue weighted by molar-refractivity contribution is 0.332. The maximum Gasteiger partial charge on any atom is 0.227 e. The van der Waals surface area contributed by atoms with Crippen molar-refractivity contribution in [1.82, 2.24) is 9.55 Å². The molecule has 3 aliphatic rings. The van der Waals surface area contributed by atoms with Gasteiger partial charge in [-0.2, -0.15) is 0 Å². The van der Waals surface area contributed by atoms with Crippen LogP contribution in [0, 0.1) is 0 Å². The molecule has 1 aliphatic heterocycles. The van der Waals surface area contributed by atoms with Crippen LogP contribution in [-0.4, -0.2) is 16.8 Å². The summed E-state index contributed by atoms with van der Waals surface area (Å²) in [7, 11) is 0.757. The van der Waals surface area contributed by atoms with Crippen molar-refractivity contribution in [2.75, 3.05) is 5.32 Å². The summed E-state index contributed by atoms with van der Waals surface area (Å²) in [6.45, 7) is 28.6. The van der Waals surface area contributed by atoms with E-state index < -0.39 is 0 Å². The number of nitrogens with one attached hydrogen (secondary N) is 1. The number of hydrogen-bond acceptors (Lipinski definition) is 3. The lowest BCUT2D eigenvalue weighted by Gasteiger charge is -2.42. The maximum absolute atomic E-state index is 6.70. The van der Waals surface area contributed by atoms with E-state index in [1.807, 2.05) is 6.07 Å². The first kappa shape index (κ1) is 42.1. The second-order valence-electron chi connectivity index (χ2n) is 24.0. The van der Waals surface area contributed by atoms with Crippen molar-refractivity contribution in [2.45, 2.75) is 123 Å². The lowest BCUT2D eigenvalue weighted by atomic mass is 9.57. The van der Waals surface area contributed by atoms with Gasteiger partial charge >= 0.3 is 0 Å². The summed E-state index contributed by atoms with van der Waals surface area (Å²) >= 11 is 0. The van der Waals surface area contributed by atoms with E-state index in [1.165, 1.54) is 94.1 Å². The lowest BCUT2D eigenvalue weighted by Crippen LogP contribution is -2.38. The maximum atomic E-state index is 6.70. The molecule has 12 rings (SSSR count). The van der Waals surface area contributed by atoms with Gasteiger partial charge in [-0.1, -0.05) is 149 Å². The standard InChI is InChI=1S/C62H62BN3O/c1-58(2,3)36-22-25-38(26-23-36)64-46-27-24-37(59(4,5)6)30-40(46)52-51-39-20-16-17-21-42(39)62(11,12)54(51)53-41-31-43-44(61(9,10)29-28-60(43,7)8)32-48(41)66-49-34-50-47(33-45(49)63-55(52)56(53)66)65-57(67-50)35-18-14-13-15-19-35/h13-27,30-34,63-64H,28-29H2,1-12H3. The predicted molar refractivity (Wildman–Crippen MR) is 286 cm³/mol. The molecule has 0 saturated carbocycles. The summed E-state index contributed by atoms with van der Waals surface area (Å²) in [5.41, 5.74) is 24.8. The van der Waals surface area contributed by atoms with Crippen molar-refractivity contribution in [1.29, 1.82) is 0 Å². The van der Waals surface area contributed by atoms with Crippen molar-refractivity contribution in [2.24, 2.45) is 0 Å². The van der Waals surface area contributed by atoms with Crippen LogP contribution in [0.5, 0.6) is 0 Å². The van der Waals surface area contributed by atoms with Crippen molar-refractivity contribution in [3.8, 4) is 39.4 Å². The van der Waals surface area contributed by atoms with Gasteiger partial charge in [0.15, 0.2) is 12.9 Å². The summed E-state index contributed by atoms with van der Waals surface area (Å²) in [6.07, 6.45) is 2.32. The normalized spacial score (nSPS) is 16.4. The molecule has 0 fully saturated rings. The SMILES string of the molecule is CC(C)(C)c1ccc(Nc2ccc(C(C)(C)C)cc2-c2c3c(c4c5cc6c(cc5n5c4c2Bc2cc4nc(-c7ccccc7)oc4cc2-5)C(C)(C)CCC6(C)C)C(C)(C)c2ccccc2-3)cc1. The highest BCUT2D eigenvalue weighted by molar-refractivity contribution is 6.74. The van der Waals surface area contributed by atoms with Gasteiger partial charge in [0.2, 0.25) is 5.89 Å². The number of rotatable bonds is 4. The predicted octanol–water partition coefficient (Wildman–Crippen LogP) is 15.0. The zero-order valence-electron chi connectivity index (χ0n) is 41.5. The Kier molecular flexibility index (Phi) is 8.71. The zero-order valence-corrected chi connectivity index (χ0v) is 41.5. The highest BCUT2D eigenvalue weighted by Gasteiger charge is 2.44. The number of hydrogen-bond donors (Lipinski definition) is 1. The molecule has 0 amide bonds. The summed E-state index contributed by atoms with van der Waals surface area (Å²) in [5, 5.41) is 6.75. The van der Waals surface area contributed by atoms with Crippen LogP contribution >= 0.6 is 0 Å². The fourth-order valence-electron chi connectivity index (χ4n) is 12.2. The minimum absolute atomic E-state index is 0.0389. The molecule has 0 unspecified atom stereocenters. The van der Waals surface area contributed by atoms with E-state index in [9.17, 15) is 0 Å². The average Bonchev–Trinajstić information content (AvgIpc) is 3.93. The molecule has 67 heavy (non-hydrogen) atoms. The van der Waals surface area contributed by atoms with Gasteiger partial charge in [-0.15, -0.1) is 0 Å². The van der Waals surface area contributed by atoms with Crippen molar-refractivity contribution in [3.63, 3.8) is 0 Å². The molecular weight excluding hydrogens is 814 g/mol. The molecule has 2 aliphatic carbocycles. The Bertz CT molecular complexity index is 3550. The fraction of sp³-hybridized carbons (Fsp3) is 0.306. The van der Waals surface area contributed by atoms with E-state index in [1.54, 1.807) is 0 Å². The van der Waals surface area contributed by atoms with Crippen LogP contribution in [0.15, 0.2) is 126 Å². The minimum atomic E-state index is -0.277. The van der Waals surface area contributed by atoms with E-state index in [0.717, 1.165) is 48.2 Å². The van der Waals surface area contributed by atoms with Crippen LogP contribution in [0.1, 0.15) is 129 Å². The van der Waals surface area contributed by atoms with Gasteiger partial charge in [0.05, 0.1) is 5.52 Å². The molecule has 0 bridgehead atoms. The third-order valence-corrected chi connectivity index (χ3v) is 16.2. The van der Waals surface area contributed by atoms with E-state index in [4.69, 9.17) is 9.40 Å². The van der Waals surface area contributed by atoms with E-state index >= 15 is 0 Å². The van der Waals surface area contributed by atoms with Crippen LogP contribution < -0.4 is 16.2 Å². The molecule has 0 radical (unpaired) electrons. The first-order valence-corrected chi connectivity index (χ1v) is 24.5. The fourth-order valence-corrected chi connectivity index (χ4v) is 12.2. The van der Waals surface area contributed by atoms with Crippen LogP contribution in [0.25, 0.3) is 72.3 Å². The van der Waals surface area contributed by atoms with Crippen LogP contribution in [0.2, 0.25) is 0 Å². The third kappa shape index (κ3) is 6.22. The molecule has 9 aromatic rings. The summed E-state index contributed by atoms with van der Waals surface area (Å²) in [6, 6.07) is 45.7. The number of nitrogens with zero attached hydrogens (tertiary/aromatic N) is 2. The van der Waals surface area contributed by atoms with Gasteiger partial charge < -0.3 is 14.3 Å². The average molecular weight is 876 g/mol. The van der Waals surface area contributed by atoms with Crippen LogP contribution in [-0.2, 0) is 27.1 Å². The Balaban J connectivity index is 1.24. The molecule has 0 saturated heterocycles. The molecule has 0 spiro atoms. The third-order valence-electron chi connectivity index (χ3n) is 16.2. The summed E-state index contributed by atoms with van der Waals surface area (Å²) < 4.78 is 9.34. The molecule has 334 valence electrons. The Morgan fingerprint density at radius 2 is 1.30 bits per heavy atom. The number of aromatic nitrogens is 2. The van der Waals surface area contributed by atoms with Gasteiger partial charge in [0.25, 0.3) is 0 Å². The van der Waals surface area contributed by atoms with Crippen molar-refractivity contribution >= 4 is 62.5 Å². The highest BCUT2D eigenvalue weighted by Crippen LogP contribution is 2.58. The molecular formula is C62H62BN3O. The minimum Gasteiger partial charge on any atom is -0.436 e. The molecule has 5 heteroatoms. The molecule has 7 aromatic carbocycles. The molecule has 1 N–H and O–H groups in total. The molecule has 0 atom stereocenters. The largest absolute Gasteiger partial charge is 0.436 e. The van der Waals surface area contributed by atoms with Gasteiger partial charge in [-0.3, -0.25) is 0 Å². The zero-order chi connectivity index (χ0) is 46.7. The van der Waals surface area contributed by atoms with Crippen molar-refractivity contribution < 1.29 is 4.42 Å². The quantitative estimate of drug-likeness (QED) is 0.179. The Hall–Kier alpha value is -6.33. The Labute approximate surface area is 397 Å². The Morgan fingerprint density at radius 3 is 2.00 bits per heavy atom. The van der Waals surface area contributed by atoms with E-state index in [-0.39, 0.29) is 27.1 Å². The molecule has 4 nitrogen and oxygen atoms in total. The van der Waals surface area contributed by atoms with Crippen LogP contribution in [0.4, 0.5) is 11.4 Å². The van der Waals surface area contributed by atoms with Gasteiger partial charge in [0, 0.05) is 56.0 Å². The summed E-state index contributed by atoms with van der Waals surface area (Å²) in [4.78, 5) is 5.16. The van der Waals surface area contributed by atoms with Gasteiger partial charge in [-0.05, 0) is 145 Å². The number of benzene rings is 7.